The Bertz CT molecular complexity index is 1880. The van der Waals surface area contributed by atoms with E-state index in [1.165, 1.54) is 26.8 Å². The molecule has 1 spiro atoms. The van der Waals surface area contributed by atoms with Crippen molar-refractivity contribution in [3.05, 3.63) is 120 Å². The molecule has 0 saturated heterocycles. The van der Waals surface area contributed by atoms with Gasteiger partial charge in [-0.25, -0.2) is 0 Å². The Morgan fingerprint density at radius 2 is 1.20 bits per heavy atom. The number of fused-ring (bicyclic) bond motifs is 3. The minimum absolute atomic E-state index is 0.824. The van der Waals surface area contributed by atoms with Crippen LogP contribution in [0.4, 0.5) is 28.4 Å². The molecule has 2 aliphatic rings. The number of hydrogen-bond acceptors (Lipinski definition) is 4. The van der Waals surface area contributed by atoms with Crippen LogP contribution < -0.4 is 4.57 Å². The van der Waals surface area contributed by atoms with Crippen molar-refractivity contribution >= 4 is 59.2 Å². The summed E-state index contributed by atoms with van der Waals surface area (Å²) in [6, 6.07) is 38.7. The molecule has 2 heterocycles. The van der Waals surface area contributed by atoms with Gasteiger partial charge < -0.3 is 0 Å². The van der Waals surface area contributed by atoms with Gasteiger partial charge in [0.25, 0.3) is 0 Å². The van der Waals surface area contributed by atoms with Crippen LogP contribution in [0.25, 0.3) is 10.8 Å². The fourth-order valence-corrected chi connectivity index (χ4v) is 10.3. The normalized spacial score (nSPS) is 18.1. The van der Waals surface area contributed by atoms with Gasteiger partial charge in [0, 0.05) is 43.9 Å². The summed E-state index contributed by atoms with van der Waals surface area (Å²) in [6.07, 6.45) is 0. The average molecular weight is 572 g/mol. The molecule has 7 heteroatoms. The minimum Gasteiger partial charge on any atom is -0.267 e. The number of rotatable bonds is 3. The molecule has 0 aliphatic carbocycles. The van der Waals surface area contributed by atoms with Crippen molar-refractivity contribution in [3.8, 4) is 0 Å². The summed E-state index contributed by atoms with van der Waals surface area (Å²) in [5.41, 5.74) is 7.59. The van der Waals surface area contributed by atoms with Crippen molar-refractivity contribution in [2.75, 3.05) is 4.57 Å². The summed E-state index contributed by atoms with van der Waals surface area (Å²) in [5, 5.41) is 12.5. The fraction of sp³-hybridized carbons (Fsp3) is 0.176. The van der Waals surface area contributed by atoms with Gasteiger partial charge >= 0.3 is 5.12 Å². The van der Waals surface area contributed by atoms with Crippen molar-refractivity contribution in [1.82, 2.24) is 0 Å². The van der Waals surface area contributed by atoms with Crippen LogP contribution in [0.2, 0.25) is 19.6 Å². The van der Waals surface area contributed by atoms with Crippen LogP contribution in [0.3, 0.4) is 0 Å². The van der Waals surface area contributed by atoms with Crippen LogP contribution in [0, 0.1) is 13.8 Å². The molecule has 0 N–H and O–H groups in total. The molecule has 0 amide bonds. The number of hydrogen-bond donors (Lipinski definition) is 0. The molecule has 0 fully saturated rings. The van der Waals surface area contributed by atoms with E-state index in [0.29, 0.717) is 0 Å². The number of benzene rings is 5. The number of azo groups is 4. The molecule has 0 aromatic heterocycles. The van der Waals surface area contributed by atoms with Gasteiger partial charge in [-0.15, -0.1) is 0 Å². The summed E-state index contributed by atoms with van der Waals surface area (Å²) in [5.74, 6) is 0. The molecule has 5 nitrogen and oxygen atoms in total. The van der Waals surface area contributed by atoms with Crippen molar-refractivity contribution in [2.24, 2.45) is 10.2 Å². The summed E-state index contributed by atoms with van der Waals surface area (Å²) in [6.45, 7) is 11.6. The van der Waals surface area contributed by atoms with Gasteiger partial charge in [0.05, 0.1) is 22.3 Å². The van der Waals surface area contributed by atoms with E-state index >= 15 is 0 Å². The van der Waals surface area contributed by atoms with Gasteiger partial charge in [-0.2, -0.15) is 0 Å². The molecule has 2 aliphatic heterocycles. The lowest BCUT2D eigenvalue weighted by molar-refractivity contribution is -0.781. The number of anilines is 1. The third-order valence-corrected chi connectivity index (χ3v) is 11.2. The molecule has 0 unspecified atom stereocenters. The van der Waals surface area contributed by atoms with Crippen molar-refractivity contribution in [2.45, 2.75) is 43.5 Å². The number of para-hydroxylation sites is 2. The summed E-state index contributed by atoms with van der Waals surface area (Å²) in [7, 11) is -2.14. The molecule has 41 heavy (non-hydrogen) atoms. The Balaban J connectivity index is 1.65. The van der Waals surface area contributed by atoms with Crippen molar-refractivity contribution in [1.29, 1.82) is 0 Å². The Labute approximate surface area is 246 Å². The number of nitrogens with zero attached hydrogens (tertiary/aromatic N) is 5. The number of aryl methyl sites for hydroxylation is 2. The van der Waals surface area contributed by atoms with Crippen molar-refractivity contribution < 1.29 is 9.39 Å². The minimum atomic E-state index is -2.14. The quantitative estimate of drug-likeness (QED) is 0.159. The van der Waals surface area contributed by atoms with Crippen LogP contribution in [0.5, 0.6) is 0 Å². The van der Waals surface area contributed by atoms with E-state index in [9.17, 15) is 0 Å². The Morgan fingerprint density at radius 3 is 1.78 bits per heavy atom. The largest absolute Gasteiger partial charge is 0.545 e. The van der Waals surface area contributed by atoms with Gasteiger partial charge in [0.2, 0.25) is 11.4 Å². The Kier molecular flexibility index (Phi) is 5.99. The average Bonchev–Trinajstić information content (AvgIpc) is 2.96. The molecule has 5 aromatic rings. The molecule has 202 valence electrons. The highest BCUT2D eigenvalue weighted by atomic mass is 32.2. The number of thioether (sulfide) groups is 1. The molecule has 0 saturated carbocycles. The molecular weight excluding hydrogens is 539 g/mol. The van der Waals surface area contributed by atoms with Crippen LogP contribution in [-0.4, -0.2) is 22.7 Å². The van der Waals surface area contributed by atoms with Gasteiger partial charge in [0.15, 0.2) is 13.9 Å². The first-order valence-corrected chi connectivity index (χ1v) is 18.3. The molecule has 0 bridgehead atoms. The summed E-state index contributed by atoms with van der Waals surface area (Å²) in [4.78, 5) is 1.19. The first-order valence-electron chi connectivity index (χ1n) is 14.0. The van der Waals surface area contributed by atoms with E-state index in [-0.39, 0.29) is 0 Å². The molecule has 7 rings (SSSR count). The van der Waals surface area contributed by atoms with E-state index < -0.39 is 13.4 Å². The SMILES string of the molecule is Cc1cc(C)c2c(c1)N=[N+](c1ccccc1)[C@]1(S2)N([Si](C)(C)C)c2cc3ccccc3cc2N=[N+]1c1ccccc1. The van der Waals surface area contributed by atoms with Crippen LogP contribution in [0.15, 0.2) is 124 Å². The molecule has 5 aromatic carbocycles. The summed E-state index contributed by atoms with van der Waals surface area (Å²) >= 11 is 1.85. The van der Waals surface area contributed by atoms with Gasteiger partial charge in [-0.3, -0.25) is 4.57 Å². The monoisotopic (exact) mass is 571 g/mol. The zero-order valence-corrected chi connectivity index (χ0v) is 25.9. The predicted octanol–water partition coefficient (Wildman–Crippen LogP) is 10.4. The van der Waals surface area contributed by atoms with E-state index in [1.807, 2.05) is 11.8 Å². The maximum atomic E-state index is 5.49. The maximum Gasteiger partial charge on any atom is 0.545 e. The van der Waals surface area contributed by atoms with E-state index in [0.717, 1.165) is 28.4 Å². The van der Waals surface area contributed by atoms with Crippen molar-refractivity contribution in [3.63, 3.8) is 0 Å². The third-order valence-electron chi connectivity index (χ3n) is 7.65. The maximum absolute atomic E-state index is 5.49. The topological polar surface area (TPSA) is 34.0 Å². The highest BCUT2D eigenvalue weighted by Crippen LogP contribution is 2.58. The van der Waals surface area contributed by atoms with Crippen LogP contribution >= 0.6 is 11.8 Å². The lowest BCUT2D eigenvalue weighted by Gasteiger charge is -2.44. The predicted molar refractivity (Wildman–Crippen MR) is 171 cm³/mol. The first-order chi connectivity index (χ1) is 19.8. The smallest absolute Gasteiger partial charge is 0.267 e. The fourth-order valence-electron chi connectivity index (χ4n) is 6.05. The second-order valence-corrected chi connectivity index (χ2v) is 17.7. The van der Waals surface area contributed by atoms with Gasteiger partial charge in [-0.1, -0.05) is 86.4 Å². The first kappa shape index (κ1) is 25.9. The standard InChI is InChI=1S/C34H33N5SSi/c1-24-20-25(2)33-31(21-24)36-38(29-18-10-7-11-19-29)34(40-33)37(28-16-8-6-9-17-28)35-30-22-26-14-12-13-15-27(26)23-32(30)39(34)41(3,4)5/h6-23H,1-5H3/q+2/t34-/m0/s1. The lowest BCUT2D eigenvalue weighted by atomic mass is 10.1. The third kappa shape index (κ3) is 4.14. The zero-order valence-electron chi connectivity index (χ0n) is 24.0. The molecule has 1 atom stereocenters. The van der Waals surface area contributed by atoms with Gasteiger partial charge in [-0.05, 0) is 53.9 Å². The van der Waals surface area contributed by atoms with E-state index in [1.54, 1.807) is 0 Å². The Hall–Kier alpha value is -4.07. The molecular formula is C34H33N5SSi+2. The lowest BCUT2D eigenvalue weighted by Crippen LogP contribution is -2.68. The van der Waals surface area contributed by atoms with E-state index in [4.69, 9.17) is 10.2 Å². The van der Waals surface area contributed by atoms with Crippen LogP contribution in [-0.2, 0) is 0 Å². The Morgan fingerprint density at radius 1 is 0.659 bits per heavy atom. The molecule has 0 radical (unpaired) electrons. The van der Waals surface area contributed by atoms with Gasteiger partial charge in [0.1, 0.15) is 5.69 Å². The second kappa shape index (κ2) is 9.50. The van der Waals surface area contributed by atoms with Crippen LogP contribution in [0.1, 0.15) is 11.1 Å². The highest BCUT2D eigenvalue weighted by Gasteiger charge is 2.71. The highest BCUT2D eigenvalue weighted by molar-refractivity contribution is 8.00. The zero-order chi connectivity index (χ0) is 28.4. The van der Waals surface area contributed by atoms with E-state index in [2.05, 4.69) is 157 Å². The summed E-state index contributed by atoms with van der Waals surface area (Å²) < 4.78 is 7.09. The second-order valence-electron chi connectivity index (χ2n) is 11.8.